The van der Waals surface area contributed by atoms with E-state index >= 15 is 0 Å². The van der Waals surface area contributed by atoms with Gasteiger partial charge in [0.1, 0.15) is 17.7 Å². The number of aliphatic carboxylic acids is 1. The Morgan fingerprint density at radius 1 is 1.10 bits per heavy atom. The standard InChI is InChI=1S/C27H37N5O7/c1-27(2,3)39-26(38)31-14-13-30(21(16-31)24(35)36)12-6-5-7-17-8-9-18-20(15-17)29(4)25(37)32(18)19-10-11-22(33)28-23(19)34/h8-9,15,19,21H,5-7,10-14,16H2,1-4H3,(H,35,36)(H,28,33,34)/t19?,21-/m0/s1. The number of rotatable bonds is 7. The lowest BCUT2D eigenvalue weighted by molar-refractivity contribution is -0.145. The Morgan fingerprint density at radius 2 is 1.85 bits per heavy atom. The second-order valence-corrected chi connectivity index (χ2v) is 11.3. The molecule has 39 heavy (non-hydrogen) atoms. The monoisotopic (exact) mass is 543 g/mol. The largest absolute Gasteiger partial charge is 0.480 e. The lowest BCUT2D eigenvalue weighted by Crippen LogP contribution is -2.58. The molecule has 2 aromatic rings. The number of carbonyl (C=O) groups excluding carboxylic acids is 3. The molecule has 1 aromatic heterocycles. The number of unbranched alkanes of at least 4 members (excludes halogenated alkanes) is 1. The molecular formula is C27H37N5O7. The number of nitrogens with one attached hydrogen (secondary N) is 1. The van der Waals surface area contributed by atoms with Gasteiger partial charge >= 0.3 is 17.8 Å². The molecule has 2 fully saturated rings. The molecule has 3 amide bonds. The third-order valence-electron chi connectivity index (χ3n) is 7.26. The first-order chi connectivity index (χ1) is 18.4. The number of aryl methyl sites for hydroxylation is 2. The Labute approximate surface area is 226 Å². The zero-order chi connectivity index (χ0) is 28.5. The molecule has 0 aliphatic carbocycles. The second kappa shape index (κ2) is 11.2. The van der Waals surface area contributed by atoms with Crippen LogP contribution in [0.3, 0.4) is 0 Å². The third kappa shape index (κ3) is 6.32. The van der Waals surface area contributed by atoms with Crippen LogP contribution < -0.4 is 11.0 Å². The number of carbonyl (C=O) groups is 4. The van der Waals surface area contributed by atoms with Crippen molar-refractivity contribution in [3.8, 4) is 0 Å². The molecule has 0 bridgehead atoms. The van der Waals surface area contributed by atoms with Crippen LogP contribution >= 0.6 is 0 Å². The van der Waals surface area contributed by atoms with Crippen LogP contribution in [0.1, 0.15) is 58.1 Å². The van der Waals surface area contributed by atoms with Crippen LogP contribution in [0, 0.1) is 0 Å². The van der Waals surface area contributed by atoms with Crippen molar-refractivity contribution in [1.29, 1.82) is 0 Å². The summed E-state index contributed by atoms with van der Waals surface area (Å²) in [6.45, 7) is 6.87. The van der Waals surface area contributed by atoms with Crippen LogP contribution in [0.4, 0.5) is 4.79 Å². The summed E-state index contributed by atoms with van der Waals surface area (Å²) in [6.07, 6.45) is 2.30. The topological polar surface area (TPSA) is 143 Å². The number of benzene rings is 1. The highest BCUT2D eigenvalue weighted by Gasteiger charge is 2.35. The molecule has 2 aliphatic rings. The summed E-state index contributed by atoms with van der Waals surface area (Å²) >= 11 is 0. The van der Waals surface area contributed by atoms with Crippen molar-refractivity contribution in [2.75, 3.05) is 26.2 Å². The zero-order valence-corrected chi connectivity index (χ0v) is 22.9. The van der Waals surface area contributed by atoms with Crippen molar-refractivity contribution >= 4 is 34.9 Å². The van der Waals surface area contributed by atoms with Gasteiger partial charge in [-0.15, -0.1) is 0 Å². The zero-order valence-electron chi connectivity index (χ0n) is 22.9. The van der Waals surface area contributed by atoms with E-state index in [0.717, 1.165) is 24.8 Å². The minimum absolute atomic E-state index is 0.0824. The number of piperazine rings is 1. The summed E-state index contributed by atoms with van der Waals surface area (Å²) in [5.41, 5.74) is 1.44. The van der Waals surface area contributed by atoms with Gasteiger partial charge in [0.2, 0.25) is 11.8 Å². The number of amides is 3. The van der Waals surface area contributed by atoms with E-state index in [-0.39, 0.29) is 31.0 Å². The first-order valence-corrected chi connectivity index (χ1v) is 13.3. The van der Waals surface area contributed by atoms with Gasteiger partial charge in [0, 0.05) is 26.6 Å². The average Bonchev–Trinajstić information content (AvgIpc) is 3.10. The van der Waals surface area contributed by atoms with Crippen LogP contribution in [0.25, 0.3) is 11.0 Å². The van der Waals surface area contributed by atoms with Gasteiger partial charge in [0.15, 0.2) is 0 Å². The van der Waals surface area contributed by atoms with Crippen LogP contribution in [-0.4, -0.2) is 85.7 Å². The highest BCUT2D eigenvalue weighted by atomic mass is 16.6. The van der Waals surface area contributed by atoms with Gasteiger partial charge in [-0.2, -0.15) is 0 Å². The number of imide groups is 1. The van der Waals surface area contributed by atoms with Crippen LogP contribution in [-0.2, 0) is 32.6 Å². The van der Waals surface area contributed by atoms with Gasteiger partial charge in [-0.25, -0.2) is 9.59 Å². The maximum atomic E-state index is 13.0. The van der Waals surface area contributed by atoms with Crippen LogP contribution in [0.5, 0.6) is 0 Å². The molecular weight excluding hydrogens is 506 g/mol. The summed E-state index contributed by atoms with van der Waals surface area (Å²) in [5, 5.41) is 12.1. The highest BCUT2D eigenvalue weighted by molar-refractivity contribution is 6.00. The van der Waals surface area contributed by atoms with E-state index in [1.165, 1.54) is 14.0 Å². The first kappa shape index (κ1) is 28.3. The Kier molecular flexibility index (Phi) is 8.15. The first-order valence-electron chi connectivity index (χ1n) is 13.3. The predicted molar refractivity (Wildman–Crippen MR) is 142 cm³/mol. The number of ether oxygens (including phenoxy) is 1. The Morgan fingerprint density at radius 3 is 2.51 bits per heavy atom. The molecule has 2 N–H and O–H groups in total. The number of hydrogen-bond acceptors (Lipinski definition) is 7. The van der Waals surface area contributed by atoms with E-state index in [1.54, 1.807) is 27.8 Å². The fourth-order valence-electron chi connectivity index (χ4n) is 5.25. The maximum Gasteiger partial charge on any atom is 0.410 e. The molecule has 2 atom stereocenters. The van der Waals surface area contributed by atoms with Gasteiger partial charge in [0.05, 0.1) is 17.6 Å². The Balaban J connectivity index is 1.36. The summed E-state index contributed by atoms with van der Waals surface area (Å²) in [5.74, 6) is -1.75. The minimum Gasteiger partial charge on any atom is -0.480 e. The lowest BCUT2D eigenvalue weighted by Gasteiger charge is -2.39. The van der Waals surface area contributed by atoms with E-state index in [1.807, 2.05) is 23.1 Å². The molecule has 4 rings (SSSR count). The quantitative estimate of drug-likeness (QED) is 0.396. The molecule has 2 aliphatic heterocycles. The number of carboxylic acid groups (broad SMARTS) is 1. The molecule has 0 spiro atoms. The minimum atomic E-state index is -0.963. The van der Waals surface area contributed by atoms with Crippen molar-refractivity contribution < 1.29 is 29.0 Å². The molecule has 12 heteroatoms. The molecule has 1 aromatic carbocycles. The number of carboxylic acids is 1. The van der Waals surface area contributed by atoms with Crippen LogP contribution in [0.15, 0.2) is 23.0 Å². The number of fused-ring (bicyclic) bond motifs is 1. The van der Waals surface area contributed by atoms with E-state index in [9.17, 15) is 29.1 Å². The summed E-state index contributed by atoms with van der Waals surface area (Å²) < 4.78 is 8.38. The molecule has 3 heterocycles. The molecule has 12 nitrogen and oxygen atoms in total. The molecule has 0 radical (unpaired) electrons. The second-order valence-electron chi connectivity index (χ2n) is 11.3. The Hall–Kier alpha value is -3.67. The summed E-state index contributed by atoms with van der Waals surface area (Å²) in [7, 11) is 1.67. The smallest absolute Gasteiger partial charge is 0.410 e. The van der Waals surface area contributed by atoms with Crippen molar-refractivity contribution in [2.45, 2.75) is 70.6 Å². The molecule has 212 valence electrons. The fourth-order valence-corrected chi connectivity index (χ4v) is 5.25. The third-order valence-corrected chi connectivity index (χ3v) is 7.26. The number of hydrogen-bond donors (Lipinski definition) is 2. The summed E-state index contributed by atoms with van der Waals surface area (Å²) in [6, 6.07) is 4.21. The highest BCUT2D eigenvalue weighted by Crippen LogP contribution is 2.24. The molecule has 0 saturated carbocycles. The van der Waals surface area contributed by atoms with E-state index < -0.39 is 35.7 Å². The normalized spacial score (nSPS) is 20.8. The predicted octanol–water partition coefficient (Wildman–Crippen LogP) is 1.65. The van der Waals surface area contributed by atoms with Crippen molar-refractivity contribution in [3.63, 3.8) is 0 Å². The van der Waals surface area contributed by atoms with Gasteiger partial charge < -0.3 is 14.7 Å². The molecule has 2 saturated heterocycles. The van der Waals surface area contributed by atoms with E-state index in [0.29, 0.717) is 30.7 Å². The van der Waals surface area contributed by atoms with Crippen LogP contribution in [0.2, 0.25) is 0 Å². The average molecular weight is 544 g/mol. The SMILES string of the molecule is Cn1c(=O)n(C2CCC(=O)NC2=O)c2ccc(CCCCN3CCN(C(=O)OC(C)(C)C)C[C@H]3C(=O)O)cc21. The van der Waals surface area contributed by atoms with Crippen molar-refractivity contribution in [3.05, 3.63) is 34.2 Å². The lowest BCUT2D eigenvalue weighted by atomic mass is 10.0. The number of nitrogens with zero attached hydrogens (tertiary/aromatic N) is 4. The number of aromatic nitrogens is 2. The van der Waals surface area contributed by atoms with Gasteiger partial charge in [-0.3, -0.25) is 33.7 Å². The number of piperidine rings is 1. The number of imidazole rings is 1. The summed E-state index contributed by atoms with van der Waals surface area (Å²) in [4.78, 5) is 64.6. The maximum absolute atomic E-state index is 13.0. The Bertz CT molecular complexity index is 1340. The van der Waals surface area contributed by atoms with E-state index in [4.69, 9.17) is 4.74 Å². The van der Waals surface area contributed by atoms with Gasteiger partial charge in [0.25, 0.3) is 0 Å². The van der Waals surface area contributed by atoms with Gasteiger partial charge in [-0.1, -0.05) is 6.07 Å². The van der Waals surface area contributed by atoms with Gasteiger partial charge in [-0.05, 0) is 70.7 Å². The van der Waals surface area contributed by atoms with Crippen molar-refractivity contribution in [2.24, 2.45) is 7.05 Å². The van der Waals surface area contributed by atoms with Crippen molar-refractivity contribution in [1.82, 2.24) is 24.3 Å². The molecule has 1 unspecified atom stereocenters. The fraction of sp³-hybridized carbons (Fsp3) is 0.593. The van der Waals surface area contributed by atoms with E-state index in [2.05, 4.69) is 5.32 Å².